The van der Waals surface area contributed by atoms with Gasteiger partial charge in [0.1, 0.15) is 6.04 Å². The number of hydrogen-bond donors (Lipinski definition) is 3. The van der Waals surface area contributed by atoms with Crippen LogP contribution in [0.4, 0.5) is 0 Å². The topological polar surface area (TPSA) is 93.5 Å². The molecule has 0 rings (SSSR count). The summed E-state index contributed by atoms with van der Waals surface area (Å²) < 4.78 is 4.76. The highest BCUT2D eigenvalue weighted by molar-refractivity contribution is 5.84. The van der Waals surface area contributed by atoms with Crippen LogP contribution in [-0.4, -0.2) is 45.2 Å². The van der Waals surface area contributed by atoms with Crippen LogP contribution in [0.15, 0.2) is 0 Å². The maximum Gasteiger partial charge on any atom is 0.239 e. The molecule has 0 saturated heterocycles. The standard InChI is InChI=1S/C10H21N3O3/c1-10(2,9(15)12-3)6-13-8(14)7(11)5-16-4/h7H,5-6,11H2,1-4H3,(H,12,15)(H,13,14). The zero-order chi connectivity index (χ0) is 12.8. The average Bonchev–Trinajstić information content (AvgIpc) is 2.25. The molecule has 0 fully saturated rings. The Morgan fingerprint density at radius 2 is 2.00 bits per heavy atom. The fourth-order valence-corrected chi connectivity index (χ4v) is 1.11. The molecule has 0 aromatic rings. The van der Waals surface area contributed by atoms with Crippen molar-refractivity contribution < 1.29 is 14.3 Å². The van der Waals surface area contributed by atoms with E-state index in [0.29, 0.717) is 0 Å². The fourth-order valence-electron chi connectivity index (χ4n) is 1.11. The Morgan fingerprint density at radius 3 is 2.44 bits per heavy atom. The molecule has 0 aliphatic rings. The Hall–Kier alpha value is -1.14. The molecule has 0 saturated carbocycles. The van der Waals surface area contributed by atoms with E-state index in [1.54, 1.807) is 20.9 Å². The highest BCUT2D eigenvalue weighted by Gasteiger charge is 2.27. The second-order valence-corrected chi connectivity index (χ2v) is 4.24. The van der Waals surface area contributed by atoms with Gasteiger partial charge in [0.2, 0.25) is 11.8 Å². The van der Waals surface area contributed by atoms with E-state index in [1.807, 2.05) is 0 Å². The summed E-state index contributed by atoms with van der Waals surface area (Å²) >= 11 is 0. The maximum absolute atomic E-state index is 11.4. The van der Waals surface area contributed by atoms with Gasteiger partial charge in [-0.2, -0.15) is 0 Å². The lowest BCUT2D eigenvalue weighted by atomic mass is 9.92. The molecule has 1 unspecified atom stereocenters. The number of amides is 2. The van der Waals surface area contributed by atoms with Crippen LogP contribution in [0.5, 0.6) is 0 Å². The number of hydrogen-bond acceptors (Lipinski definition) is 4. The first-order valence-electron chi connectivity index (χ1n) is 5.09. The lowest BCUT2D eigenvalue weighted by molar-refractivity contribution is -0.129. The van der Waals surface area contributed by atoms with Crippen molar-refractivity contribution in [3.63, 3.8) is 0 Å². The molecule has 6 heteroatoms. The van der Waals surface area contributed by atoms with Gasteiger partial charge in [-0.3, -0.25) is 9.59 Å². The van der Waals surface area contributed by atoms with Gasteiger partial charge in [0, 0.05) is 20.7 Å². The van der Waals surface area contributed by atoms with Crippen molar-refractivity contribution in [2.75, 3.05) is 27.3 Å². The van der Waals surface area contributed by atoms with Gasteiger partial charge in [-0.25, -0.2) is 0 Å². The Balaban J connectivity index is 4.14. The Bertz CT molecular complexity index is 254. The van der Waals surface area contributed by atoms with Crippen LogP contribution in [-0.2, 0) is 14.3 Å². The number of rotatable bonds is 6. The van der Waals surface area contributed by atoms with Crippen LogP contribution in [0.1, 0.15) is 13.8 Å². The van der Waals surface area contributed by atoms with Gasteiger partial charge in [0.05, 0.1) is 12.0 Å². The van der Waals surface area contributed by atoms with Crippen LogP contribution >= 0.6 is 0 Å². The largest absolute Gasteiger partial charge is 0.383 e. The lowest BCUT2D eigenvalue weighted by Gasteiger charge is -2.23. The summed E-state index contributed by atoms with van der Waals surface area (Å²) in [6.45, 7) is 3.89. The van der Waals surface area contributed by atoms with E-state index in [2.05, 4.69) is 10.6 Å². The minimum Gasteiger partial charge on any atom is -0.383 e. The SMILES string of the molecule is CNC(=O)C(C)(C)CNC(=O)C(N)COC. The first-order chi connectivity index (χ1) is 7.35. The monoisotopic (exact) mass is 231 g/mol. The van der Waals surface area contributed by atoms with Crippen molar-refractivity contribution in [1.29, 1.82) is 0 Å². The van der Waals surface area contributed by atoms with Crippen molar-refractivity contribution in [2.24, 2.45) is 11.1 Å². The third-order valence-electron chi connectivity index (χ3n) is 2.23. The zero-order valence-electron chi connectivity index (χ0n) is 10.3. The maximum atomic E-state index is 11.4. The quantitative estimate of drug-likeness (QED) is 0.538. The second-order valence-electron chi connectivity index (χ2n) is 4.24. The number of methoxy groups -OCH3 is 1. The van der Waals surface area contributed by atoms with E-state index in [1.165, 1.54) is 7.11 Å². The molecule has 94 valence electrons. The molecule has 0 spiro atoms. The molecule has 1 atom stereocenters. The smallest absolute Gasteiger partial charge is 0.239 e. The summed E-state index contributed by atoms with van der Waals surface area (Å²) in [5.74, 6) is -0.452. The first kappa shape index (κ1) is 14.9. The van der Waals surface area contributed by atoms with Gasteiger partial charge < -0.3 is 21.1 Å². The first-order valence-corrected chi connectivity index (χ1v) is 5.09. The molecule has 2 amide bonds. The van der Waals surface area contributed by atoms with Crippen molar-refractivity contribution in [1.82, 2.24) is 10.6 Å². The van der Waals surface area contributed by atoms with E-state index < -0.39 is 11.5 Å². The third-order valence-corrected chi connectivity index (χ3v) is 2.23. The molecular weight excluding hydrogens is 210 g/mol. The summed E-state index contributed by atoms with van der Waals surface area (Å²) in [4.78, 5) is 22.9. The highest BCUT2D eigenvalue weighted by atomic mass is 16.5. The Labute approximate surface area is 95.9 Å². The van der Waals surface area contributed by atoms with Gasteiger partial charge in [-0.15, -0.1) is 0 Å². The molecular formula is C10H21N3O3. The molecule has 4 N–H and O–H groups in total. The van der Waals surface area contributed by atoms with Crippen molar-refractivity contribution in [3.05, 3.63) is 0 Å². The summed E-state index contributed by atoms with van der Waals surface area (Å²) in [6.07, 6.45) is 0. The molecule has 0 aromatic carbocycles. The number of ether oxygens (including phenoxy) is 1. The molecule has 0 aliphatic carbocycles. The number of carbonyl (C=O) groups excluding carboxylic acids is 2. The predicted molar refractivity (Wildman–Crippen MR) is 60.7 cm³/mol. The average molecular weight is 231 g/mol. The van der Waals surface area contributed by atoms with Gasteiger partial charge in [0.25, 0.3) is 0 Å². The molecule has 0 bridgehead atoms. The molecule has 16 heavy (non-hydrogen) atoms. The Kier molecular flexibility index (Phi) is 5.98. The normalized spacial score (nSPS) is 13.1. The van der Waals surface area contributed by atoms with Crippen LogP contribution < -0.4 is 16.4 Å². The molecule has 0 aliphatic heterocycles. The fraction of sp³-hybridized carbons (Fsp3) is 0.800. The molecule has 0 radical (unpaired) electrons. The van der Waals surface area contributed by atoms with Gasteiger partial charge >= 0.3 is 0 Å². The summed E-state index contributed by atoms with van der Waals surface area (Å²) in [5.41, 5.74) is 4.87. The van der Waals surface area contributed by atoms with E-state index in [-0.39, 0.29) is 25.0 Å². The summed E-state index contributed by atoms with van der Waals surface area (Å²) in [5, 5.41) is 5.16. The molecule has 6 nitrogen and oxygen atoms in total. The Morgan fingerprint density at radius 1 is 1.44 bits per heavy atom. The summed E-state index contributed by atoms with van der Waals surface area (Å²) in [6, 6.07) is -0.703. The molecule has 0 aromatic heterocycles. The highest BCUT2D eigenvalue weighted by Crippen LogP contribution is 2.12. The van der Waals surface area contributed by atoms with Crippen LogP contribution in [0, 0.1) is 5.41 Å². The van der Waals surface area contributed by atoms with E-state index in [9.17, 15) is 9.59 Å². The lowest BCUT2D eigenvalue weighted by Crippen LogP contribution is -2.49. The zero-order valence-corrected chi connectivity index (χ0v) is 10.3. The third kappa shape index (κ3) is 4.59. The van der Waals surface area contributed by atoms with Gasteiger partial charge in [-0.05, 0) is 13.8 Å². The number of carbonyl (C=O) groups is 2. The second kappa shape index (κ2) is 6.44. The van der Waals surface area contributed by atoms with Crippen LogP contribution in [0.2, 0.25) is 0 Å². The van der Waals surface area contributed by atoms with Crippen molar-refractivity contribution in [3.8, 4) is 0 Å². The minimum absolute atomic E-state index is 0.131. The van der Waals surface area contributed by atoms with E-state index in [0.717, 1.165) is 0 Å². The van der Waals surface area contributed by atoms with Gasteiger partial charge in [0.15, 0.2) is 0 Å². The molecule has 0 heterocycles. The number of nitrogens with two attached hydrogens (primary N) is 1. The minimum atomic E-state index is -0.703. The van der Waals surface area contributed by atoms with Crippen LogP contribution in [0.3, 0.4) is 0 Å². The van der Waals surface area contributed by atoms with Gasteiger partial charge in [-0.1, -0.05) is 0 Å². The summed E-state index contributed by atoms with van der Waals surface area (Å²) in [7, 11) is 3.03. The van der Waals surface area contributed by atoms with Crippen molar-refractivity contribution in [2.45, 2.75) is 19.9 Å². The van der Waals surface area contributed by atoms with Crippen molar-refractivity contribution >= 4 is 11.8 Å². The van der Waals surface area contributed by atoms with E-state index in [4.69, 9.17) is 10.5 Å². The van der Waals surface area contributed by atoms with E-state index >= 15 is 0 Å². The van der Waals surface area contributed by atoms with Crippen LogP contribution in [0.25, 0.3) is 0 Å². The predicted octanol–water partition coefficient (Wildman–Crippen LogP) is -1.15. The number of nitrogens with one attached hydrogen (secondary N) is 2.